The van der Waals surface area contributed by atoms with E-state index in [9.17, 15) is 4.79 Å². The first-order valence-corrected chi connectivity index (χ1v) is 10.2. The van der Waals surface area contributed by atoms with Crippen LogP contribution in [0, 0.1) is 0 Å². The predicted molar refractivity (Wildman–Crippen MR) is 110 cm³/mol. The van der Waals surface area contributed by atoms with E-state index in [-0.39, 0.29) is 15.4 Å². The summed E-state index contributed by atoms with van der Waals surface area (Å²) >= 11 is 7.30. The van der Waals surface area contributed by atoms with Crippen LogP contribution in [-0.2, 0) is 0 Å². The van der Waals surface area contributed by atoms with Crippen molar-refractivity contribution in [2.24, 2.45) is 0 Å². The van der Waals surface area contributed by atoms with E-state index in [1.165, 1.54) is 5.56 Å². The summed E-state index contributed by atoms with van der Waals surface area (Å²) in [6.07, 6.45) is 0. The van der Waals surface area contributed by atoms with Crippen LogP contribution in [0.2, 0.25) is 0 Å². The van der Waals surface area contributed by atoms with Crippen molar-refractivity contribution >= 4 is 37.6 Å². The van der Waals surface area contributed by atoms with Crippen LogP contribution in [0.1, 0.15) is 71.4 Å². The van der Waals surface area contributed by atoms with Gasteiger partial charge in [-0.15, -0.1) is 0 Å². The first-order valence-electron chi connectivity index (χ1n) is 8.34. The molecular weight excluding hydrogens is 428 g/mol. The monoisotopic (exact) mass is 450 g/mol. The Hall–Kier alpha value is -0.930. The third-order valence-corrected chi connectivity index (χ3v) is 6.97. The van der Waals surface area contributed by atoms with Gasteiger partial charge in [0, 0.05) is 5.56 Å². The fourth-order valence-electron chi connectivity index (χ4n) is 2.73. The Balaban J connectivity index is 2.35. The standard InChI is InChI=1S/C21H24Br2O/c1-13(2)16-10-11-17(18(12-16)14(3)4)21(24)20(23)19(22)15-8-6-5-7-9-15/h5-14,19-20H,1-4H3/t19-,20-/m0/s1. The average Bonchev–Trinajstić information content (AvgIpc) is 2.59. The third kappa shape index (κ3) is 4.37. The molecule has 0 saturated heterocycles. The zero-order valence-electron chi connectivity index (χ0n) is 14.6. The van der Waals surface area contributed by atoms with Gasteiger partial charge in [0.15, 0.2) is 5.78 Å². The third-order valence-electron chi connectivity index (χ3n) is 4.26. The molecule has 0 N–H and O–H groups in total. The zero-order chi connectivity index (χ0) is 17.9. The van der Waals surface area contributed by atoms with Crippen molar-refractivity contribution in [3.63, 3.8) is 0 Å². The van der Waals surface area contributed by atoms with Gasteiger partial charge >= 0.3 is 0 Å². The number of benzene rings is 2. The molecule has 0 aliphatic rings. The molecular formula is C21H24Br2O. The van der Waals surface area contributed by atoms with Gasteiger partial charge in [-0.1, -0.05) is 108 Å². The highest BCUT2D eigenvalue weighted by Gasteiger charge is 2.28. The smallest absolute Gasteiger partial charge is 0.178 e. The molecule has 2 atom stereocenters. The minimum atomic E-state index is -0.303. The maximum Gasteiger partial charge on any atom is 0.178 e. The van der Waals surface area contributed by atoms with Gasteiger partial charge in [0.25, 0.3) is 0 Å². The minimum absolute atomic E-state index is 0.0593. The van der Waals surface area contributed by atoms with Crippen LogP contribution in [0.3, 0.4) is 0 Å². The maximum absolute atomic E-state index is 13.1. The van der Waals surface area contributed by atoms with Gasteiger partial charge < -0.3 is 0 Å². The first kappa shape index (κ1) is 19.4. The van der Waals surface area contributed by atoms with Gasteiger partial charge in [0.1, 0.15) is 0 Å². The molecule has 0 spiro atoms. The van der Waals surface area contributed by atoms with Crippen molar-refractivity contribution in [3.05, 3.63) is 70.8 Å². The molecule has 2 rings (SSSR count). The van der Waals surface area contributed by atoms with E-state index in [1.807, 2.05) is 36.4 Å². The van der Waals surface area contributed by atoms with Crippen molar-refractivity contribution < 1.29 is 4.79 Å². The van der Waals surface area contributed by atoms with Crippen LogP contribution < -0.4 is 0 Å². The van der Waals surface area contributed by atoms with Crippen molar-refractivity contribution in [3.8, 4) is 0 Å². The molecule has 0 radical (unpaired) electrons. The number of alkyl halides is 2. The van der Waals surface area contributed by atoms with E-state index in [0.717, 1.165) is 16.7 Å². The zero-order valence-corrected chi connectivity index (χ0v) is 17.8. The molecule has 1 nitrogen and oxygen atoms in total. The number of ketones is 1. The number of halogens is 2. The number of carbonyl (C=O) groups excluding carboxylic acids is 1. The molecule has 0 heterocycles. The molecule has 0 bridgehead atoms. The first-order chi connectivity index (χ1) is 11.3. The van der Waals surface area contributed by atoms with Crippen LogP contribution >= 0.6 is 31.9 Å². The lowest BCUT2D eigenvalue weighted by molar-refractivity contribution is 0.0989. The average molecular weight is 452 g/mol. The second-order valence-corrected chi connectivity index (χ2v) is 8.71. The van der Waals surface area contributed by atoms with E-state index in [1.54, 1.807) is 0 Å². The summed E-state index contributed by atoms with van der Waals surface area (Å²) in [5.41, 5.74) is 4.32. The minimum Gasteiger partial charge on any atom is -0.293 e. The van der Waals surface area contributed by atoms with Gasteiger partial charge in [0.05, 0.1) is 9.65 Å². The summed E-state index contributed by atoms with van der Waals surface area (Å²) in [5, 5.41) is 0. The molecule has 0 amide bonds. The van der Waals surface area contributed by atoms with E-state index in [2.05, 4.69) is 71.7 Å². The number of rotatable bonds is 6. The van der Waals surface area contributed by atoms with Crippen molar-refractivity contribution in [1.29, 1.82) is 0 Å². The van der Waals surface area contributed by atoms with Crippen LogP contribution in [-0.4, -0.2) is 10.6 Å². The SMILES string of the molecule is CC(C)c1ccc(C(=O)[C@@H](Br)[C@@H](Br)c2ccccc2)c(C(C)C)c1. The summed E-state index contributed by atoms with van der Waals surface area (Å²) < 4.78 is 0. The van der Waals surface area contributed by atoms with Crippen LogP contribution in [0.25, 0.3) is 0 Å². The highest BCUT2D eigenvalue weighted by molar-refractivity contribution is 9.12. The quantitative estimate of drug-likeness (QED) is 0.340. The lowest BCUT2D eigenvalue weighted by Gasteiger charge is -2.20. The second-order valence-electron chi connectivity index (χ2n) is 6.73. The highest BCUT2D eigenvalue weighted by atomic mass is 79.9. The Morgan fingerprint density at radius 2 is 1.46 bits per heavy atom. The molecule has 24 heavy (non-hydrogen) atoms. The van der Waals surface area contributed by atoms with Crippen LogP contribution in [0.5, 0.6) is 0 Å². The lowest BCUT2D eigenvalue weighted by atomic mass is 9.88. The number of carbonyl (C=O) groups is 1. The molecule has 0 saturated carbocycles. The van der Waals surface area contributed by atoms with E-state index in [0.29, 0.717) is 11.8 Å². The number of Topliss-reactive ketones (excluding diaryl/α,β-unsaturated/α-hetero) is 1. The normalized spacial score (nSPS) is 14.0. The van der Waals surface area contributed by atoms with E-state index in [4.69, 9.17) is 0 Å². The lowest BCUT2D eigenvalue weighted by Crippen LogP contribution is -2.21. The Bertz CT molecular complexity index is 692. The number of hydrogen-bond donors (Lipinski definition) is 0. The summed E-state index contributed by atoms with van der Waals surface area (Å²) in [5.74, 6) is 0.896. The number of hydrogen-bond acceptors (Lipinski definition) is 1. The second kappa shape index (κ2) is 8.44. The van der Waals surface area contributed by atoms with E-state index >= 15 is 0 Å². The molecule has 128 valence electrons. The summed E-state index contributed by atoms with van der Waals surface area (Å²) in [4.78, 5) is 12.7. The van der Waals surface area contributed by atoms with Crippen molar-refractivity contribution in [1.82, 2.24) is 0 Å². The molecule has 2 aromatic rings. The Morgan fingerprint density at radius 3 is 2.00 bits per heavy atom. The van der Waals surface area contributed by atoms with Crippen molar-refractivity contribution in [2.45, 2.75) is 49.2 Å². The topological polar surface area (TPSA) is 17.1 Å². The molecule has 0 aliphatic carbocycles. The predicted octanol–water partition coefficient (Wildman–Crippen LogP) is 7.02. The van der Waals surface area contributed by atoms with Crippen LogP contribution in [0.15, 0.2) is 48.5 Å². The molecule has 2 aromatic carbocycles. The van der Waals surface area contributed by atoms with Crippen LogP contribution in [0.4, 0.5) is 0 Å². The van der Waals surface area contributed by atoms with Gasteiger partial charge in [-0.25, -0.2) is 0 Å². The van der Waals surface area contributed by atoms with Gasteiger partial charge in [-0.05, 0) is 28.5 Å². The molecule has 0 aliphatic heterocycles. The summed E-state index contributed by atoms with van der Waals surface area (Å²) in [6.45, 7) is 8.64. The molecule has 3 heteroatoms. The fraction of sp³-hybridized carbons (Fsp3) is 0.381. The maximum atomic E-state index is 13.1. The summed E-state index contributed by atoms with van der Waals surface area (Å²) in [7, 11) is 0. The van der Waals surface area contributed by atoms with Gasteiger partial charge in [0.2, 0.25) is 0 Å². The molecule has 0 unspecified atom stereocenters. The Labute approximate surface area is 162 Å². The molecule has 0 aromatic heterocycles. The van der Waals surface area contributed by atoms with Gasteiger partial charge in [-0.3, -0.25) is 4.79 Å². The fourth-order valence-corrected chi connectivity index (χ4v) is 3.83. The Kier molecular flexibility index (Phi) is 6.82. The summed E-state index contributed by atoms with van der Waals surface area (Å²) in [6, 6.07) is 16.3. The Morgan fingerprint density at radius 1 is 0.833 bits per heavy atom. The van der Waals surface area contributed by atoms with Gasteiger partial charge in [-0.2, -0.15) is 0 Å². The largest absolute Gasteiger partial charge is 0.293 e. The van der Waals surface area contributed by atoms with Crippen molar-refractivity contribution in [2.75, 3.05) is 0 Å². The highest BCUT2D eigenvalue weighted by Crippen LogP contribution is 2.35. The molecule has 0 fully saturated rings. The van der Waals surface area contributed by atoms with E-state index < -0.39 is 0 Å².